The van der Waals surface area contributed by atoms with Crippen molar-refractivity contribution in [1.29, 1.82) is 0 Å². The van der Waals surface area contributed by atoms with Crippen molar-refractivity contribution in [1.82, 2.24) is 10.2 Å². The first-order valence-corrected chi connectivity index (χ1v) is 6.81. The first-order valence-electron chi connectivity index (χ1n) is 6.81. The number of rotatable bonds is 6. The lowest BCUT2D eigenvalue weighted by Gasteiger charge is -2.39. The van der Waals surface area contributed by atoms with Crippen molar-refractivity contribution in [2.24, 2.45) is 5.41 Å². The van der Waals surface area contributed by atoms with E-state index in [4.69, 9.17) is 5.11 Å². The summed E-state index contributed by atoms with van der Waals surface area (Å²) in [6.07, 6.45) is 3.64. The van der Waals surface area contributed by atoms with E-state index in [1.807, 2.05) is 11.8 Å². The maximum Gasteiger partial charge on any atom is 0.230 e. The zero-order valence-corrected chi connectivity index (χ0v) is 11.2. The number of aliphatic hydroxyl groups is 1. The summed E-state index contributed by atoms with van der Waals surface area (Å²) < 4.78 is 0. The maximum absolute atomic E-state index is 12.6. The van der Waals surface area contributed by atoms with Crippen LogP contribution in [0.5, 0.6) is 0 Å². The Morgan fingerprint density at radius 3 is 2.71 bits per heavy atom. The molecule has 1 aliphatic rings. The van der Waals surface area contributed by atoms with Crippen LogP contribution in [0.25, 0.3) is 0 Å². The van der Waals surface area contributed by atoms with Gasteiger partial charge in [-0.2, -0.15) is 0 Å². The first kappa shape index (κ1) is 14.5. The fourth-order valence-corrected chi connectivity index (χ4v) is 2.60. The van der Waals surface area contributed by atoms with Gasteiger partial charge >= 0.3 is 0 Å². The molecular weight excluding hydrogens is 216 g/mol. The highest BCUT2D eigenvalue weighted by Gasteiger charge is 2.39. The average Bonchev–Trinajstić information content (AvgIpc) is 2.40. The SMILES string of the molecule is CCN(CCCO)C(=O)C1(CC)CCCNC1. The van der Waals surface area contributed by atoms with E-state index < -0.39 is 0 Å². The zero-order chi connectivity index (χ0) is 12.7. The van der Waals surface area contributed by atoms with E-state index in [9.17, 15) is 4.79 Å². The third-order valence-electron chi connectivity index (χ3n) is 3.86. The molecule has 1 atom stereocenters. The van der Waals surface area contributed by atoms with Crippen molar-refractivity contribution < 1.29 is 9.90 Å². The molecule has 1 heterocycles. The molecule has 4 nitrogen and oxygen atoms in total. The molecule has 1 fully saturated rings. The smallest absolute Gasteiger partial charge is 0.230 e. The van der Waals surface area contributed by atoms with Crippen LogP contribution in [0.4, 0.5) is 0 Å². The van der Waals surface area contributed by atoms with Gasteiger partial charge in [0.25, 0.3) is 0 Å². The third kappa shape index (κ3) is 3.42. The Hall–Kier alpha value is -0.610. The van der Waals surface area contributed by atoms with E-state index in [0.29, 0.717) is 13.0 Å². The maximum atomic E-state index is 12.6. The highest BCUT2D eigenvalue weighted by atomic mass is 16.3. The van der Waals surface area contributed by atoms with Gasteiger partial charge in [0.05, 0.1) is 5.41 Å². The summed E-state index contributed by atoms with van der Waals surface area (Å²) in [5.41, 5.74) is -0.205. The number of hydrogen-bond acceptors (Lipinski definition) is 3. The highest BCUT2D eigenvalue weighted by molar-refractivity contribution is 5.83. The number of hydrogen-bond donors (Lipinski definition) is 2. The Labute approximate surface area is 104 Å². The van der Waals surface area contributed by atoms with E-state index in [1.54, 1.807) is 0 Å². The number of carbonyl (C=O) groups excluding carboxylic acids is 1. The van der Waals surface area contributed by atoms with E-state index in [1.165, 1.54) is 0 Å². The Morgan fingerprint density at radius 2 is 2.24 bits per heavy atom. The lowest BCUT2D eigenvalue weighted by molar-refractivity contribution is -0.143. The molecule has 1 rings (SSSR count). The Kier molecular flexibility index (Phi) is 5.92. The van der Waals surface area contributed by atoms with Gasteiger partial charge in [0.15, 0.2) is 0 Å². The van der Waals surface area contributed by atoms with Crippen LogP contribution in [0.2, 0.25) is 0 Å². The number of aliphatic hydroxyl groups excluding tert-OH is 1. The monoisotopic (exact) mass is 242 g/mol. The van der Waals surface area contributed by atoms with E-state index in [2.05, 4.69) is 12.2 Å². The molecule has 0 aromatic rings. The topological polar surface area (TPSA) is 52.6 Å². The molecule has 0 aromatic carbocycles. The molecule has 0 aromatic heterocycles. The summed E-state index contributed by atoms with van der Waals surface area (Å²) in [6.45, 7) is 7.50. The van der Waals surface area contributed by atoms with Gasteiger partial charge in [-0.15, -0.1) is 0 Å². The van der Waals surface area contributed by atoms with Crippen molar-refractivity contribution in [3.63, 3.8) is 0 Å². The van der Waals surface area contributed by atoms with E-state index in [-0.39, 0.29) is 17.9 Å². The number of carbonyl (C=O) groups is 1. The van der Waals surface area contributed by atoms with Gasteiger partial charge < -0.3 is 15.3 Å². The van der Waals surface area contributed by atoms with Crippen molar-refractivity contribution >= 4 is 5.91 Å². The van der Waals surface area contributed by atoms with Crippen molar-refractivity contribution in [3.8, 4) is 0 Å². The van der Waals surface area contributed by atoms with Crippen LogP contribution < -0.4 is 5.32 Å². The second-order valence-corrected chi connectivity index (χ2v) is 4.88. The number of nitrogens with one attached hydrogen (secondary N) is 1. The molecule has 0 aliphatic carbocycles. The van der Waals surface area contributed by atoms with Gasteiger partial charge in [-0.1, -0.05) is 6.92 Å². The predicted octanol–water partition coefficient (Wildman–Crippen LogP) is 0.997. The zero-order valence-electron chi connectivity index (χ0n) is 11.2. The van der Waals surface area contributed by atoms with Gasteiger partial charge in [0.2, 0.25) is 5.91 Å². The average molecular weight is 242 g/mol. The molecule has 17 heavy (non-hydrogen) atoms. The molecule has 2 N–H and O–H groups in total. The Balaban J connectivity index is 2.68. The molecule has 1 amide bonds. The molecule has 0 saturated carbocycles. The lowest BCUT2D eigenvalue weighted by Crippen LogP contribution is -2.51. The second-order valence-electron chi connectivity index (χ2n) is 4.88. The summed E-state index contributed by atoms with van der Waals surface area (Å²) in [5.74, 6) is 0.267. The summed E-state index contributed by atoms with van der Waals surface area (Å²) in [5, 5.41) is 12.2. The lowest BCUT2D eigenvalue weighted by atomic mass is 9.77. The molecule has 0 radical (unpaired) electrons. The van der Waals surface area contributed by atoms with Gasteiger partial charge in [-0.3, -0.25) is 4.79 Å². The molecule has 1 aliphatic heterocycles. The van der Waals surface area contributed by atoms with Crippen molar-refractivity contribution in [2.75, 3.05) is 32.8 Å². The normalized spacial score (nSPS) is 24.6. The molecular formula is C13H26N2O2. The van der Waals surface area contributed by atoms with Gasteiger partial charge in [0.1, 0.15) is 0 Å². The third-order valence-corrected chi connectivity index (χ3v) is 3.86. The first-order chi connectivity index (χ1) is 8.20. The van der Waals surface area contributed by atoms with Crippen molar-refractivity contribution in [2.45, 2.75) is 39.5 Å². The van der Waals surface area contributed by atoms with Crippen LogP contribution in [-0.2, 0) is 4.79 Å². The summed E-state index contributed by atoms with van der Waals surface area (Å²) in [6, 6.07) is 0. The number of piperidine rings is 1. The largest absolute Gasteiger partial charge is 0.396 e. The summed E-state index contributed by atoms with van der Waals surface area (Å²) in [7, 11) is 0. The second kappa shape index (κ2) is 6.97. The minimum atomic E-state index is -0.205. The molecule has 4 heteroatoms. The highest BCUT2D eigenvalue weighted by Crippen LogP contribution is 2.32. The fraction of sp³-hybridized carbons (Fsp3) is 0.923. The van der Waals surface area contributed by atoms with Crippen LogP contribution in [0, 0.1) is 5.41 Å². The molecule has 0 bridgehead atoms. The molecule has 0 spiro atoms. The van der Waals surface area contributed by atoms with Gasteiger partial charge in [-0.05, 0) is 39.2 Å². The van der Waals surface area contributed by atoms with Crippen LogP contribution in [0.1, 0.15) is 39.5 Å². The van der Waals surface area contributed by atoms with Crippen LogP contribution >= 0.6 is 0 Å². The van der Waals surface area contributed by atoms with Crippen LogP contribution in [-0.4, -0.2) is 48.7 Å². The molecule has 100 valence electrons. The van der Waals surface area contributed by atoms with Gasteiger partial charge in [0, 0.05) is 26.2 Å². The standard InChI is InChI=1S/C13H26N2O2/c1-3-13(7-5-8-14-11-13)12(17)15(4-2)9-6-10-16/h14,16H,3-11H2,1-2H3. The van der Waals surface area contributed by atoms with Crippen LogP contribution in [0.15, 0.2) is 0 Å². The minimum absolute atomic E-state index is 0.154. The van der Waals surface area contributed by atoms with E-state index in [0.717, 1.165) is 38.9 Å². The molecule has 1 unspecified atom stereocenters. The minimum Gasteiger partial charge on any atom is -0.396 e. The Bertz CT molecular complexity index is 238. The van der Waals surface area contributed by atoms with Gasteiger partial charge in [-0.25, -0.2) is 0 Å². The predicted molar refractivity (Wildman–Crippen MR) is 68.8 cm³/mol. The summed E-state index contributed by atoms with van der Waals surface area (Å²) >= 11 is 0. The quantitative estimate of drug-likeness (QED) is 0.730. The fourth-order valence-electron chi connectivity index (χ4n) is 2.60. The van der Waals surface area contributed by atoms with E-state index >= 15 is 0 Å². The number of amides is 1. The Morgan fingerprint density at radius 1 is 1.47 bits per heavy atom. The number of nitrogens with zero attached hydrogens (tertiary/aromatic N) is 1. The van der Waals surface area contributed by atoms with Crippen molar-refractivity contribution in [3.05, 3.63) is 0 Å². The van der Waals surface area contributed by atoms with Crippen LogP contribution in [0.3, 0.4) is 0 Å². The summed E-state index contributed by atoms with van der Waals surface area (Å²) in [4.78, 5) is 14.5. The molecule has 1 saturated heterocycles.